The van der Waals surface area contributed by atoms with Gasteiger partial charge in [0.15, 0.2) is 12.4 Å². The van der Waals surface area contributed by atoms with Crippen molar-refractivity contribution in [3.63, 3.8) is 0 Å². The summed E-state index contributed by atoms with van der Waals surface area (Å²) in [6.07, 6.45) is 6.51. The van der Waals surface area contributed by atoms with Crippen LogP contribution < -0.4 is 4.68 Å². The molecule has 0 saturated carbocycles. The summed E-state index contributed by atoms with van der Waals surface area (Å²) in [4.78, 5) is 0. The van der Waals surface area contributed by atoms with Gasteiger partial charge in [0.25, 0.3) is 0 Å². The summed E-state index contributed by atoms with van der Waals surface area (Å²) in [5.41, 5.74) is 1.69. The van der Waals surface area contributed by atoms with Crippen molar-refractivity contribution in [3.8, 4) is 0 Å². The number of nitrogens with zero attached hydrogens (tertiary/aromatic N) is 3. The Labute approximate surface area is 115 Å². The molecule has 3 nitrogen and oxygen atoms in total. The molecular weight excluding hydrogens is 234 g/mol. The van der Waals surface area contributed by atoms with Gasteiger partial charge in [-0.2, -0.15) is 0 Å². The first-order chi connectivity index (χ1) is 9.03. The lowest BCUT2D eigenvalue weighted by atomic mass is 9.91. The van der Waals surface area contributed by atoms with E-state index in [1.165, 1.54) is 18.4 Å². The molecule has 3 heteroatoms. The third kappa shape index (κ3) is 4.86. The molecule has 0 fully saturated rings. The molecule has 19 heavy (non-hydrogen) atoms. The van der Waals surface area contributed by atoms with Crippen molar-refractivity contribution >= 4 is 0 Å². The molecule has 1 aromatic carbocycles. The van der Waals surface area contributed by atoms with Crippen LogP contribution in [0.1, 0.15) is 39.2 Å². The summed E-state index contributed by atoms with van der Waals surface area (Å²) in [6.45, 7) is 8.69. The maximum Gasteiger partial charge on any atom is 0.155 e. The van der Waals surface area contributed by atoms with Gasteiger partial charge in [0.1, 0.15) is 13.1 Å². The van der Waals surface area contributed by atoms with Crippen LogP contribution in [-0.2, 0) is 13.1 Å². The Bertz CT molecular complexity index is 494. The Hall–Kier alpha value is -1.64. The van der Waals surface area contributed by atoms with Crippen molar-refractivity contribution in [1.29, 1.82) is 0 Å². The van der Waals surface area contributed by atoms with E-state index >= 15 is 0 Å². The molecule has 1 heterocycles. The van der Waals surface area contributed by atoms with Crippen LogP contribution in [0.4, 0.5) is 0 Å². The maximum atomic E-state index is 4.56. The predicted molar refractivity (Wildman–Crippen MR) is 76.7 cm³/mol. The number of aryl methyl sites for hydroxylation is 1. The molecular formula is C16H24N3+. The third-order valence-corrected chi connectivity index (χ3v) is 3.14. The first-order valence-corrected chi connectivity index (χ1v) is 7.00. The summed E-state index contributed by atoms with van der Waals surface area (Å²) in [5.74, 6) is 0. The molecule has 0 saturated heterocycles. The van der Waals surface area contributed by atoms with E-state index < -0.39 is 0 Å². The van der Waals surface area contributed by atoms with E-state index in [0.29, 0.717) is 5.41 Å². The van der Waals surface area contributed by atoms with Crippen molar-refractivity contribution in [2.45, 2.75) is 46.7 Å². The van der Waals surface area contributed by atoms with Crippen LogP contribution in [0.5, 0.6) is 0 Å². The van der Waals surface area contributed by atoms with E-state index in [1.807, 2.05) is 21.6 Å². The van der Waals surface area contributed by atoms with E-state index in [4.69, 9.17) is 0 Å². The van der Waals surface area contributed by atoms with E-state index in [1.54, 1.807) is 0 Å². The zero-order valence-electron chi connectivity index (χ0n) is 12.2. The zero-order valence-corrected chi connectivity index (χ0v) is 12.2. The fourth-order valence-electron chi connectivity index (χ4n) is 2.11. The second-order valence-electron chi connectivity index (χ2n) is 6.30. The van der Waals surface area contributed by atoms with Crippen LogP contribution in [0.3, 0.4) is 0 Å². The van der Waals surface area contributed by atoms with Crippen molar-refractivity contribution in [1.82, 2.24) is 9.90 Å². The average molecular weight is 258 g/mol. The molecule has 0 spiro atoms. The fourth-order valence-corrected chi connectivity index (χ4v) is 2.11. The molecule has 0 amide bonds. The number of aromatic nitrogens is 3. The quantitative estimate of drug-likeness (QED) is 0.755. The van der Waals surface area contributed by atoms with Gasteiger partial charge in [-0.3, -0.25) is 0 Å². The summed E-state index contributed by atoms with van der Waals surface area (Å²) in [6, 6.07) is 10.4. The van der Waals surface area contributed by atoms with Crippen LogP contribution in [-0.4, -0.2) is 9.90 Å². The fraction of sp³-hybridized carbons (Fsp3) is 0.500. The highest BCUT2D eigenvalue weighted by molar-refractivity contribution is 5.13. The van der Waals surface area contributed by atoms with E-state index in [0.717, 1.165) is 13.1 Å². The molecule has 2 aromatic rings. The van der Waals surface area contributed by atoms with E-state index in [2.05, 4.69) is 56.4 Å². The first kappa shape index (κ1) is 13.8. The molecule has 0 unspecified atom stereocenters. The van der Waals surface area contributed by atoms with Gasteiger partial charge in [-0.1, -0.05) is 51.1 Å². The van der Waals surface area contributed by atoms with E-state index in [-0.39, 0.29) is 0 Å². The molecule has 1 aromatic heterocycles. The molecule has 0 aliphatic rings. The smallest absolute Gasteiger partial charge is 0.138 e. The van der Waals surface area contributed by atoms with Gasteiger partial charge < -0.3 is 0 Å². The SMILES string of the molecule is CC(C)(C)CCCn1cc[n+](Cc2ccccc2)n1. The minimum atomic E-state index is 0.410. The van der Waals surface area contributed by atoms with Gasteiger partial charge in [0.05, 0.1) is 5.21 Å². The van der Waals surface area contributed by atoms with Gasteiger partial charge in [-0.05, 0) is 23.8 Å². The average Bonchev–Trinajstić information content (AvgIpc) is 2.76. The second-order valence-corrected chi connectivity index (χ2v) is 6.30. The lowest BCUT2D eigenvalue weighted by Gasteiger charge is -2.16. The highest BCUT2D eigenvalue weighted by Gasteiger charge is 2.12. The topological polar surface area (TPSA) is 21.7 Å². The van der Waals surface area contributed by atoms with Crippen molar-refractivity contribution in [3.05, 3.63) is 48.3 Å². The minimum Gasteiger partial charge on any atom is -0.138 e. The third-order valence-electron chi connectivity index (χ3n) is 3.14. The monoisotopic (exact) mass is 258 g/mol. The van der Waals surface area contributed by atoms with Gasteiger partial charge in [0, 0.05) is 0 Å². The highest BCUT2D eigenvalue weighted by atomic mass is 15.5. The molecule has 102 valence electrons. The molecule has 0 N–H and O–H groups in total. The van der Waals surface area contributed by atoms with Crippen LogP contribution in [0, 0.1) is 5.41 Å². The predicted octanol–water partition coefficient (Wildman–Crippen LogP) is 3.05. The van der Waals surface area contributed by atoms with Gasteiger partial charge >= 0.3 is 0 Å². The standard InChI is InChI=1S/C16H24N3/c1-16(2,3)10-7-11-18-12-13-19(17-18)14-15-8-5-4-6-9-15/h4-6,8-9,12-13H,7,10-11,14H2,1-3H3/q+1. The van der Waals surface area contributed by atoms with E-state index in [9.17, 15) is 0 Å². The largest absolute Gasteiger partial charge is 0.155 e. The molecule has 0 aliphatic heterocycles. The normalized spacial score (nSPS) is 11.7. The molecule has 0 bridgehead atoms. The second kappa shape index (κ2) is 6.00. The molecule has 0 aliphatic carbocycles. The van der Waals surface area contributed by atoms with Crippen LogP contribution in [0.2, 0.25) is 0 Å². The molecule has 0 atom stereocenters. The summed E-state index contributed by atoms with van der Waals surface area (Å²) >= 11 is 0. The first-order valence-electron chi connectivity index (χ1n) is 7.00. The molecule has 2 rings (SSSR count). The van der Waals surface area contributed by atoms with Crippen molar-refractivity contribution in [2.24, 2.45) is 5.41 Å². The maximum absolute atomic E-state index is 4.56. The van der Waals surface area contributed by atoms with Gasteiger partial charge in [-0.15, -0.1) is 9.36 Å². The Kier molecular flexibility index (Phi) is 4.35. The Morgan fingerprint density at radius 3 is 2.58 bits per heavy atom. The lowest BCUT2D eigenvalue weighted by molar-refractivity contribution is -0.747. The van der Waals surface area contributed by atoms with Gasteiger partial charge in [0.2, 0.25) is 0 Å². The van der Waals surface area contributed by atoms with Crippen LogP contribution >= 0.6 is 0 Å². The lowest BCUT2D eigenvalue weighted by Crippen LogP contribution is -2.36. The Morgan fingerprint density at radius 2 is 1.89 bits per heavy atom. The van der Waals surface area contributed by atoms with Crippen molar-refractivity contribution < 1.29 is 4.68 Å². The van der Waals surface area contributed by atoms with Gasteiger partial charge in [-0.25, -0.2) is 0 Å². The summed E-state index contributed by atoms with van der Waals surface area (Å²) in [7, 11) is 0. The summed E-state index contributed by atoms with van der Waals surface area (Å²) < 4.78 is 4.03. The zero-order chi connectivity index (χ0) is 13.7. The Balaban J connectivity index is 1.86. The highest BCUT2D eigenvalue weighted by Crippen LogP contribution is 2.20. The summed E-state index contributed by atoms with van der Waals surface area (Å²) in [5, 5.41) is 4.56. The minimum absolute atomic E-state index is 0.410. The number of hydrogen-bond donors (Lipinski definition) is 0. The van der Waals surface area contributed by atoms with Crippen LogP contribution in [0.15, 0.2) is 42.7 Å². The number of hydrogen-bond acceptors (Lipinski definition) is 1. The number of rotatable bonds is 5. The van der Waals surface area contributed by atoms with Crippen molar-refractivity contribution in [2.75, 3.05) is 0 Å². The Morgan fingerprint density at radius 1 is 1.16 bits per heavy atom. The van der Waals surface area contributed by atoms with Crippen LogP contribution in [0.25, 0.3) is 0 Å². The number of benzene rings is 1. The molecule has 0 radical (unpaired) electrons.